The Morgan fingerprint density at radius 2 is 1.75 bits per heavy atom. The number of ether oxygens (including phenoxy) is 1. The Kier molecular flexibility index (Phi) is 8.71. The summed E-state index contributed by atoms with van der Waals surface area (Å²) in [5.41, 5.74) is 12.0. The van der Waals surface area contributed by atoms with Crippen molar-refractivity contribution in [2.45, 2.75) is 52.7 Å². The molecule has 2 fully saturated rings. The first-order valence-corrected chi connectivity index (χ1v) is 14.9. The molecule has 0 bridgehead atoms. The molecular formula is C31H38N4O4S. The maximum Gasteiger partial charge on any atom is 0.306 e. The molecule has 2 saturated heterocycles. The number of nitrogens with two attached hydrogens (primary N) is 1. The molecule has 212 valence electrons. The fourth-order valence-electron chi connectivity index (χ4n) is 5.70. The lowest BCUT2D eigenvalue weighted by Gasteiger charge is -2.30. The number of para-hydroxylation sites is 1. The van der Waals surface area contributed by atoms with Crippen molar-refractivity contribution >= 4 is 28.3 Å². The van der Waals surface area contributed by atoms with E-state index in [-0.39, 0.29) is 17.7 Å². The quantitative estimate of drug-likeness (QED) is 0.378. The predicted octanol–water partition coefficient (Wildman–Crippen LogP) is 5.00. The van der Waals surface area contributed by atoms with Crippen LogP contribution in [0, 0.1) is 25.7 Å². The lowest BCUT2D eigenvalue weighted by Crippen LogP contribution is -2.38. The number of piperidine rings is 2. The molecule has 3 aromatic rings. The maximum absolute atomic E-state index is 11.5. The van der Waals surface area contributed by atoms with Gasteiger partial charge in [-0.1, -0.05) is 30.3 Å². The molecule has 0 atom stereocenters. The minimum absolute atomic E-state index is 0.0102. The standard InChI is InChI=1S/C31H38N4O4S/c1-20-4-3-5-26(27-19-40-31(33-27)35-14-10-24(11-15-35)30(37)38)28(20)39-18-25-7-6-22(16-21(25)2)17-34-12-8-23(9-13-34)29(32)36/h3-7,16,19,23-24H,8-15,17-18H2,1-2H3,(H2,32,36)(H,37,38). The van der Waals surface area contributed by atoms with Gasteiger partial charge in [-0.3, -0.25) is 14.5 Å². The van der Waals surface area contributed by atoms with Gasteiger partial charge in [-0.2, -0.15) is 0 Å². The van der Waals surface area contributed by atoms with Crippen LogP contribution in [0.4, 0.5) is 5.13 Å². The molecule has 1 amide bonds. The number of nitrogens with zero attached hydrogens (tertiary/aromatic N) is 3. The second-order valence-electron chi connectivity index (χ2n) is 11.1. The molecule has 8 nitrogen and oxygen atoms in total. The van der Waals surface area contributed by atoms with Crippen molar-refractivity contribution in [1.82, 2.24) is 9.88 Å². The highest BCUT2D eigenvalue weighted by molar-refractivity contribution is 7.14. The number of rotatable bonds is 9. The maximum atomic E-state index is 11.5. The van der Waals surface area contributed by atoms with Crippen molar-refractivity contribution in [3.8, 4) is 17.0 Å². The lowest BCUT2D eigenvalue weighted by atomic mass is 9.96. The van der Waals surface area contributed by atoms with Gasteiger partial charge in [0, 0.05) is 36.5 Å². The van der Waals surface area contributed by atoms with Crippen LogP contribution >= 0.6 is 11.3 Å². The molecule has 0 aliphatic carbocycles. The second-order valence-corrected chi connectivity index (χ2v) is 11.9. The van der Waals surface area contributed by atoms with E-state index < -0.39 is 5.97 Å². The Morgan fingerprint density at radius 1 is 1.02 bits per heavy atom. The van der Waals surface area contributed by atoms with E-state index >= 15 is 0 Å². The van der Waals surface area contributed by atoms with Gasteiger partial charge < -0.3 is 20.5 Å². The highest BCUT2D eigenvalue weighted by Crippen LogP contribution is 2.37. The van der Waals surface area contributed by atoms with Crippen LogP contribution in [-0.2, 0) is 22.7 Å². The first-order valence-electron chi connectivity index (χ1n) is 14.0. The third kappa shape index (κ3) is 6.47. The molecule has 2 aliphatic rings. The van der Waals surface area contributed by atoms with Crippen molar-refractivity contribution < 1.29 is 19.4 Å². The molecule has 0 spiro atoms. The van der Waals surface area contributed by atoms with Crippen LogP contribution in [0.15, 0.2) is 41.8 Å². The molecular weight excluding hydrogens is 524 g/mol. The van der Waals surface area contributed by atoms with E-state index in [0.29, 0.717) is 32.5 Å². The largest absolute Gasteiger partial charge is 0.488 e. The Hall–Kier alpha value is -3.43. The molecule has 2 aromatic carbocycles. The number of aromatic nitrogens is 1. The first kappa shape index (κ1) is 28.1. The number of aryl methyl sites for hydroxylation is 2. The van der Waals surface area contributed by atoms with Crippen molar-refractivity contribution in [2.75, 3.05) is 31.1 Å². The number of primary amides is 1. The molecule has 3 heterocycles. The molecule has 0 radical (unpaired) electrons. The number of thiazole rings is 1. The number of benzene rings is 2. The number of carboxylic acid groups (broad SMARTS) is 1. The summed E-state index contributed by atoms with van der Waals surface area (Å²) in [5.74, 6) is -0.288. The average Bonchev–Trinajstić information content (AvgIpc) is 3.44. The third-order valence-electron chi connectivity index (χ3n) is 8.27. The second kappa shape index (κ2) is 12.4. The summed E-state index contributed by atoms with van der Waals surface area (Å²) in [4.78, 5) is 32.3. The molecule has 9 heteroatoms. The number of carbonyl (C=O) groups is 2. The van der Waals surface area contributed by atoms with Gasteiger partial charge in [-0.05, 0) is 80.9 Å². The number of aliphatic carboxylic acids is 1. The van der Waals surface area contributed by atoms with Crippen LogP contribution < -0.4 is 15.4 Å². The molecule has 1 aromatic heterocycles. The van der Waals surface area contributed by atoms with Gasteiger partial charge in [0.25, 0.3) is 0 Å². The van der Waals surface area contributed by atoms with Crippen LogP contribution in [0.1, 0.15) is 47.9 Å². The summed E-state index contributed by atoms with van der Waals surface area (Å²) in [5, 5.41) is 12.3. The molecule has 40 heavy (non-hydrogen) atoms. The van der Waals surface area contributed by atoms with Gasteiger partial charge in [0.2, 0.25) is 5.91 Å². The number of carboxylic acids is 1. The summed E-state index contributed by atoms with van der Waals surface area (Å²) < 4.78 is 6.44. The summed E-state index contributed by atoms with van der Waals surface area (Å²) in [7, 11) is 0. The van der Waals surface area contributed by atoms with Crippen LogP contribution in [0.5, 0.6) is 5.75 Å². The van der Waals surface area contributed by atoms with Crippen molar-refractivity contribution in [1.29, 1.82) is 0 Å². The molecule has 2 aliphatic heterocycles. The summed E-state index contributed by atoms with van der Waals surface area (Å²) in [6.45, 7) is 8.73. The van der Waals surface area contributed by atoms with E-state index in [2.05, 4.69) is 59.4 Å². The van der Waals surface area contributed by atoms with Crippen LogP contribution in [0.25, 0.3) is 11.3 Å². The van der Waals surface area contributed by atoms with Crippen molar-refractivity contribution in [3.05, 3.63) is 64.0 Å². The highest BCUT2D eigenvalue weighted by Gasteiger charge is 2.26. The third-order valence-corrected chi connectivity index (χ3v) is 9.17. The van der Waals surface area contributed by atoms with E-state index in [1.165, 1.54) is 11.1 Å². The Balaban J connectivity index is 1.23. The summed E-state index contributed by atoms with van der Waals surface area (Å²) in [6, 6.07) is 12.7. The number of amides is 1. The van der Waals surface area contributed by atoms with E-state index in [1.54, 1.807) is 11.3 Å². The van der Waals surface area contributed by atoms with Crippen molar-refractivity contribution in [2.24, 2.45) is 17.6 Å². The predicted molar refractivity (Wildman–Crippen MR) is 158 cm³/mol. The number of hydrogen-bond donors (Lipinski definition) is 2. The molecule has 5 rings (SSSR count). The minimum Gasteiger partial charge on any atom is -0.488 e. The Labute approximate surface area is 239 Å². The molecule has 0 saturated carbocycles. The zero-order valence-electron chi connectivity index (χ0n) is 23.3. The van der Waals surface area contributed by atoms with E-state index in [1.807, 2.05) is 6.07 Å². The van der Waals surface area contributed by atoms with E-state index in [4.69, 9.17) is 15.5 Å². The topological polar surface area (TPSA) is 109 Å². The average molecular weight is 563 g/mol. The van der Waals surface area contributed by atoms with Gasteiger partial charge >= 0.3 is 5.97 Å². The lowest BCUT2D eigenvalue weighted by molar-refractivity contribution is -0.142. The van der Waals surface area contributed by atoms with Crippen LogP contribution in [0.3, 0.4) is 0 Å². The minimum atomic E-state index is -0.701. The molecule has 3 N–H and O–H groups in total. The van der Waals surface area contributed by atoms with Crippen LogP contribution in [-0.4, -0.2) is 53.0 Å². The van der Waals surface area contributed by atoms with E-state index in [9.17, 15) is 14.7 Å². The normalized spacial score (nSPS) is 17.2. The SMILES string of the molecule is Cc1cc(CN2CCC(C(N)=O)CC2)ccc1COc1c(C)cccc1-c1csc(N2CCC(C(=O)O)CC2)n1. The zero-order valence-corrected chi connectivity index (χ0v) is 24.1. The Morgan fingerprint density at radius 3 is 2.42 bits per heavy atom. The monoisotopic (exact) mass is 562 g/mol. The Bertz CT molecular complexity index is 1360. The van der Waals surface area contributed by atoms with Gasteiger partial charge in [0.1, 0.15) is 12.4 Å². The summed E-state index contributed by atoms with van der Waals surface area (Å²) in [6.07, 6.45) is 2.97. The summed E-state index contributed by atoms with van der Waals surface area (Å²) >= 11 is 1.59. The number of hydrogen-bond acceptors (Lipinski definition) is 7. The van der Waals surface area contributed by atoms with E-state index in [0.717, 1.165) is 65.7 Å². The van der Waals surface area contributed by atoms with Gasteiger partial charge in [0.05, 0.1) is 11.6 Å². The number of likely N-dealkylation sites (tertiary alicyclic amines) is 1. The van der Waals surface area contributed by atoms with Crippen molar-refractivity contribution in [3.63, 3.8) is 0 Å². The fraction of sp³-hybridized carbons (Fsp3) is 0.452. The number of anilines is 1. The molecule has 0 unspecified atom stereocenters. The van der Waals surface area contributed by atoms with Gasteiger partial charge in [-0.25, -0.2) is 4.98 Å². The van der Waals surface area contributed by atoms with Gasteiger partial charge in [0.15, 0.2) is 5.13 Å². The zero-order chi connectivity index (χ0) is 28.2. The van der Waals surface area contributed by atoms with Gasteiger partial charge in [-0.15, -0.1) is 11.3 Å². The highest BCUT2D eigenvalue weighted by atomic mass is 32.1. The first-order chi connectivity index (χ1) is 19.3. The smallest absolute Gasteiger partial charge is 0.306 e. The fourth-order valence-corrected chi connectivity index (χ4v) is 6.58. The van der Waals surface area contributed by atoms with Crippen LogP contribution in [0.2, 0.25) is 0 Å². The number of carbonyl (C=O) groups excluding carboxylic acids is 1.